The molecule has 1 aliphatic rings. The van der Waals surface area contributed by atoms with Gasteiger partial charge in [-0.1, -0.05) is 11.8 Å². The first-order valence-electron chi connectivity index (χ1n) is 11.7. The number of hydrogen-bond acceptors (Lipinski definition) is 12. The van der Waals surface area contributed by atoms with E-state index in [1.54, 1.807) is 35.7 Å². The highest BCUT2D eigenvalue weighted by molar-refractivity contribution is 5.52. The molecule has 0 aliphatic carbocycles. The lowest BCUT2D eigenvalue weighted by molar-refractivity contribution is 0.0807. The molecule has 13 heteroatoms. The molecule has 37 heavy (non-hydrogen) atoms. The van der Waals surface area contributed by atoms with E-state index >= 15 is 0 Å². The first-order chi connectivity index (χ1) is 18.2. The number of aliphatic hydroxyl groups is 1. The van der Waals surface area contributed by atoms with Gasteiger partial charge in [-0.3, -0.25) is 4.68 Å². The van der Waals surface area contributed by atoms with Gasteiger partial charge in [0.15, 0.2) is 5.82 Å². The number of rotatable bonds is 7. The molecule has 13 nitrogen and oxygen atoms in total. The van der Waals surface area contributed by atoms with Crippen LogP contribution in [0, 0.1) is 11.8 Å². The molecular weight excluding hydrogens is 474 g/mol. The zero-order valence-corrected chi connectivity index (χ0v) is 20.2. The molecule has 1 atom stereocenters. The Balaban J connectivity index is 1.24. The average molecular weight is 500 g/mol. The summed E-state index contributed by atoms with van der Waals surface area (Å²) in [6.45, 7) is 2.61. The minimum atomic E-state index is -0.0413. The Bertz CT molecular complexity index is 1350. The van der Waals surface area contributed by atoms with Gasteiger partial charge >= 0.3 is 0 Å². The van der Waals surface area contributed by atoms with Crippen LogP contribution in [-0.2, 0) is 11.8 Å². The molecule has 0 radical (unpaired) electrons. The fourth-order valence-corrected chi connectivity index (χ4v) is 3.88. The van der Waals surface area contributed by atoms with E-state index in [9.17, 15) is 0 Å². The van der Waals surface area contributed by atoms with Crippen LogP contribution in [-0.4, -0.2) is 95.3 Å². The summed E-state index contributed by atoms with van der Waals surface area (Å²) < 4.78 is 7.33. The SMILES string of the molecule is Cn1cc(-c2ncc(C#Cc3cnc(N4CCN(c5ncncn5)[C@@H](COCCO)C4)nc3)cn2)cn1. The van der Waals surface area contributed by atoms with Gasteiger partial charge in [0.05, 0.1) is 48.7 Å². The van der Waals surface area contributed by atoms with Gasteiger partial charge in [0, 0.05) is 57.7 Å². The van der Waals surface area contributed by atoms with Crippen LogP contribution in [0.1, 0.15) is 11.1 Å². The Hall–Kier alpha value is -4.54. The van der Waals surface area contributed by atoms with Crippen molar-refractivity contribution in [1.29, 1.82) is 0 Å². The van der Waals surface area contributed by atoms with Crippen LogP contribution in [0.2, 0.25) is 0 Å². The molecule has 1 fully saturated rings. The lowest BCUT2D eigenvalue weighted by Gasteiger charge is -2.41. The molecule has 0 aromatic carbocycles. The third-order valence-electron chi connectivity index (χ3n) is 5.65. The Kier molecular flexibility index (Phi) is 7.49. The van der Waals surface area contributed by atoms with E-state index in [1.165, 1.54) is 12.7 Å². The number of ether oxygens (including phenoxy) is 1. The predicted octanol–water partition coefficient (Wildman–Crippen LogP) is -0.0440. The predicted molar refractivity (Wildman–Crippen MR) is 133 cm³/mol. The summed E-state index contributed by atoms with van der Waals surface area (Å²) in [7, 11) is 1.85. The Morgan fingerprint density at radius 1 is 0.919 bits per heavy atom. The average Bonchev–Trinajstić information content (AvgIpc) is 3.39. The lowest BCUT2D eigenvalue weighted by atomic mass is 10.2. The summed E-state index contributed by atoms with van der Waals surface area (Å²) >= 11 is 0. The van der Waals surface area contributed by atoms with Crippen LogP contribution >= 0.6 is 0 Å². The molecular formula is C24H25N11O2. The summed E-state index contributed by atoms with van der Waals surface area (Å²) in [5.41, 5.74) is 2.23. The third kappa shape index (κ3) is 6.00. The molecule has 1 aliphatic heterocycles. The van der Waals surface area contributed by atoms with Crippen molar-refractivity contribution in [3.05, 3.63) is 61.0 Å². The Labute approximate surface area is 213 Å². The van der Waals surface area contributed by atoms with Gasteiger partial charge in [-0.2, -0.15) is 5.10 Å². The van der Waals surface area contributed by atoms with Crippen LogP contribution in [0.5, 0.6) is 0 Å². The highest BCUT2D eigenvalue weighted by Gasteiger charge is 2.30. The Morgan fingerprint density at radius 2 is 1.62 bits per heavy atom. The number of piperazine rings is 1. The molecule has 188 valence electrons. The van der Waals surface area contributed by atoms with Gasteiger partial charge in [-0.15, -0.1) is 0 Å². The number of aromatic nitrogens is 9. The van der Waals surface area contributed by atoms with Crippen LogP contribution in [0.15, 0.2) is 49.8 Å². The number of hydrogen-bond donors (Lipinski definition) is 1. The van der Waals surface area contributed by atoms with Crippen molar-refractivity contribution >= 4 is 11.9 Å². The maximum atomic E-state index is 9.09. The van der Waals surface area contributed by atoms with Crippen molar-refractivity contribution in [3.63, 3.8) is 0 Å². The summed E-state index contributed by atoms with van der Waals surface area (Å²) in [5.74, 6) is 7.91. The lowest BCUT2D eigenvalue weighted by Crippen LogP contribution is -2.56. The highest BCUT2D eigenvalue weighted by Crippen LogP contribution is 2.19. The van der Waals surface area contributed by atoms with Crippen molar-refractivity contribution in [1.82, 2.24) is 44.7 Å². The van der Waals surface area contributed by atoms with Crippen LogP contribution in [0.25, 0.3) is 11.4 Å². The second-order valence-corrected chi connectivity index (χ2v) is 8.25. The zero-order chi connectivity index (χ0) is 25.5. The molecule has 0 unspecified atom stereocenters. The molecule has 5 heterocycles. The third-order valence-corrected chi connectivity index (χ3v) is 5.65. The smallest absolute Gasteiger partial charge is 0.228 e. The number of aliphatic hydroxyl groups excluding tert-OH is 1. The molecule has 0 amide bonds. The number of aryl methyl sites for hydroxylation is 1. The molecule has 0 saturated carbocycles. The second-order valence-electron chi connectivity index (χ2n) is 8.25. The van der Waals surface area contributed by atoms with Gasteiger partial charge in [0.1, 0.15) is 12.7 Å². The summed E-state index contributed by atoms with van der Waals surface area (Å²) in [6, 6.07) is -0.0413. The van der Waals surface area contributed by atoms with Crippen LogP contribution in [0.4, 0.5) is 11.9 Å². The van der Waals surface area contributed by atoms with E-state index in [0.717, 1.165) is 5.56 Å². The van der Waals surface area contributed by atoms with Gasteiger partial charge in [0.2, 0.25) is 11.9 Å². The van der Waals surface area contributed by atoms with Gasteiger partial charge < -0.3 is 19.6 Å². The first-order valence-corrected chi connectivity index (χ1v) is 11.7. The van der Waals surface area contributed by atoms with Gasteiger partial charge in [-0.25, -0.2) is 34.9 Å². The molecule has 4 aromatic heterocycles. The molecule has 0 bridgehead atoms. The first kappa shape index (κ1) is 24.2. The molecule has 0 spiro atoms. The van der Waals surface area contributed by atoms with E-state index in [-0.39, 0.29) is 19.3 Å². The fourth-order valence-electron chi connectivity index (χ4n) is 3.88. The fraction of sp³-hybridized carbons (Fsp3) is 0.333. The van der Waals surface area contributed by atoms with Crippen LogP contribution in [0.3, 0.4) is 0 Å². The molecule has 1 saturated heterocycles. The summed E-state index contributed by atoms with van der Waals surface area (Å²) in [5, 5.41) is 13.2. The second kappa shape index (κ2) is 11.5. The Morgan fingerprint density at radius 3 is 2.27 bits per heavy atom. The van der Waals surface area contributed by atoms with E-state index in [2.05, 4.69) is 61.6 Å². The van der Waals surface area contributed by atoms with Gasteiger partial charge in [0.25, 0.3) is 0 Å². The number of nitrogens with zero attached hydrogens (tertiary/aromatic N) is 11. The van der Waals surface area contributed by atoms with Crippen LogP contribution < -0.4 is 9.80 Å². The van der Waals surface area contributed by atoms with E-state index in [4.69, 9.17) is 9.84 Å². The van der Waals surface area contributed by atoms with Gasteiger partial charge in [-0.05, 0) is 0 Å². The van der Waals surface area contributed by atoms with E-state index < -0.39 is 0 Å². The minimum absolute atomic E-state index is 0.0332. The molecule has 5 rings (SSSR count). The zero-order valence-electron chi connectivity index (χ0n) is 20.2. The maximum Gasteiger partial charge on any atom is 0.228 e. The topological polar surface area (TPSA) is 144 Å². The highest BCUT2D eigenvalue weighted by atomic mass is 16.5. The summed E-state index contributed by atoms with van der Waals surface area (Å²) in [4.78, 5) is 34.4. The minimum Gasteiger partial charge on any atom is -0.394 e. The molecule has 4 aromatic rings. The number of anilines is 2. The standard InChI is InChI=1S/C24H25N11O2/c1-33-13-20(12-32-33)22-26-8-18(9-27-22)2-3-19-10-28-23(29-11-19)34-4-5-35(24-30-16-25-17-31-24)21(14-34)15-37-7-6-36/h8-13,16-17,21,36H,4-7,14-15H2,1H3/t21-/m1/s1. The quantitative estimate of drug-likeness (QED) is 0.269. The summed E-state index contributed by atoms with van der Waals surface area (Å²) in [6.07, 6.45) is 13.3. The maximum absolute atomic E-state index is 9.09. The molecule has 1 N–H and O–H groups in total. The normalized spacial score (nSPS) is 15.4. The van der Waals surface area contributed by atoms with E-state index in [0.29, 0.717) is 55.1 Å². The van der Waals surface area contributed by atoms with Crippen molar-refractivity contribution in [3.8, 4) is 23.2 Å². The van der Waals surface area contributed by atoms with E-state index in [1.807, 2.05) is 13.2 Å². The monoisotopic (exact) mass is 499 g/mol. The van der Waals surface area contributed by atoms with Crippen molar-refractivity contribution in [2.24, 2.45) is 7.05 Å². The van der Waals surface area contributed by atoms with Crippen molar-refractivity contribution < 1.29 is 9.84 Å². The largest absolute Gasteiger partial charge is 0.394 e. The van der Waals surface area contributed by atoms with Crippen molar-refractivity contribution in [2.45, 2.75) is 6.04 Å². The van der Waals surface area contributed by atoms with Crippen molar-refractivity contribution in [2.75, 3.05) is 49.3 Å².